The van der Waals surface area contributed by atoms with Crippen molar-refractivity contribution in [2.75, 3.05) is 12.4 Å². The molecule has 2 unspecified atom stereocenters. The van der Waals surface area contributed by atoms with Crippen LogP contribution >= 0.6 is 0 Å². The maximum absolute atomic E-state index is 12.6. The van der Waals surface area contributed by atoms with Gasteiger partial charge in [-0.15, -0.1) is 0 Å². The summed E-state index contributed by atoms with van der Waals surface area (Å²) < 4.78 is 63.7. The van der Waals surface area contributed by atoms with Crippen LogP contribution in [0.1, 0.15) is 12.5 Å². The van der Waals surface area contributed by atoms with Gasteiger partial charge in [0.05, 0.1) is 12.2 Å². The Hall–Kier alpha value is -1.08. The first kappa shape index (κ1) is 15.0. The number of benzene rings is 1. The van der Waals surface area contributed by atoms with E-state index in [-0.39, 0.29) is 24.0 Å². The predicted molar refractivity (Wildman–Crippen MR) is 59.9 cm³/mol. The smallest absolute Gasteiger partial charge is 0.419 e. The highest BCUT2D eigenvalue weighted by Crippen LogP contribution is 2.35. The van der Waals surface area contributed by atoms with Crippen molar-refractivity contribution in [3.63, 3.8) is 0 Å². The minimum Gasteiger partial charge on any atom is -0.772 e. The number of ether oxygens (including phenoxy) is 1. The largest absolute Gasteiger partial charge is 0.772 e. The van der Waals surface area contributed by atoms with Gasteiger partial charge >= 0.3 is 6.18 Å². The lowest BCUT2D eigenvalue weighted by atomic mass is 10.2. The lowest BCUT2D eigenvalue weighted by molar-refractivity contribution is -0.139. The maximum atomic E-state index is 12.6. The Balaban J connectivity index is 2.71. The summed E-state index contributed by atoms with van der Waals surface area (Å²) in [5.41, 5.74) is -0.861. The second-order valence-electron chi connectivity index (χ2n) is 3.88. The van der Waals surface area contributed by atoms with Gasteiger partial charge in [0, 0.05) is 11.7 Å². The first-order valence-corrected chi connectivity index (χ1v) is 6.40. The molecule has 0 N–H and O–H groups in total. The summed E-state index contributed by atoms with van der Waals surface area (Å²) in [5.74, 6) is -0.799. The molecule has 7 heteroatoms. The molecule has 1 aromatic carbocycles. The third-order valence-corrected chi connectivity index (χ3v) is 2.98. The van der Waals surface area contributed by atoms with Gasteiger partial charge in [0.15, 0.2) is 0 Å². The van der Waals surface area contributed by atoms with Gasteiger partial charge in [-0.05, 0) is 12.1 Å². The molecule has 0 aliphatic heterocycles. The van der Waals surface area contributed by atoms with Gasteiger partial charge in [-0.3, -0.25) is 4.21 Å². The lowest BCUT2D eigenvalue weighted by Gasteiger charge is -2.17. The number of hydrogen-bond donors (Lipinski definition) is 0. The van der Waals surface area contributed by atoms with Gasteiger partial charge in [-0.25, -0.2) is 0 Å². The zero-order valence-electron chi connectivity index (χ0n) is 9.57. The highest BCUT2D eigenvalue weighted by atomic mass is 32.2. The molecule has 3 nitrogen and oxygen atoms in total. The minimum absolute atomic E-state index is 0.0823. The molecule has 0 spiro atoms. The van der Waals surface area contributed by atoms with Crippen molar-refractivity contribution in [2.45, 2.75) is 13.1 Å². The van der Waals surface area contributed by atoms with Crippen molar-refractivity contribution >= 4 is 11.1 Å². The van der Waals surface area contributed by atoms with Crippen molar-refractivity contribution in [1.29, 1.82) is 0 Å². The third-order valence-electron chi connectivity index (χ3n) is 2.14. The number of halogens is 3. The Labute approximate surface area is 105 Å². The molecule has 0 aliphatic carbocycles. The standard InChI is InChI=1S/C11H13F3O3S/c1-8(7-18(15)16)6-17-10-5-3-2-4-9(10)11(12,13)14/h2-5,8H,6-7H2,1H3,(H,15,16)/p-1. The normalized spacial score (nSPS) is 15.2. The van der Waals surface area contributed by atoms with Crippen LogP contribution < -0.4 is 4.74 Å². The quantitative estimate of drug-likeness (QED) is 0.779. The molecule has 0 fully saturated rings. The Bertz CT molecular complexity index is 420. The maximum Gasteiger partial charge on any atom is 0.419 e. The molecule has 0 aliphatic rings. The van der Waals surface area contributed by atoms with Crippen LogP contribution in [-0.2, 0) is 17.3 Å². The monoisotopic (exact) mass is 281 g/mol. The summed E-state index contributed by atoms with van der Waals surface area (Å²) >= 11 is -2.23. The molecule has 1 aromatic rings. The Kier molecular flexibility index (Phi) is 5.15. The summed E-state index contributed by atoms with van der Waals surface area (Å²) in [4.78, 5) is 0. The van der Waals surface area contributed by atoms with Crippen LogP contribution in [-0.4, -0.2) is 21.1 Å². The number of rotatable bonds is 5. The summed E-state index contributed by atoms with van der Waals surface area (Å²) in [6.07, 6.45) is -4.48. The molecule has 0 saturated carbocycles. The van der Waals surface area contributed by atoms with E-state index in [1.807, 2.05) is 0 Å². The molecule has 2 atom stereocenters. The van der Waals surface area contributed by atoms with E-state index in [1.54, 1.807) is 6.92 Å². The third kappa shape index (κ3) is 4.66. The fraction of sp³-hybridized carbons (Fsp3) is 0.455. The van der Waals surface area contributed by atoms with Crippen LogP contribution in [0.2, 0.25) is 0 Å². The summed E-state index contributed by atoms with van der Waals surface area (Å²) in [5, 5.41) is 0. The minimum atomic E-state index is -4.48. The first-order chi connectivity index (χ1) is 8.30. The molecule has 0 saturated heterocycles. The fourth-order valence-electron chi connectivity index (χ4n) is 1.34. The van der Waals surface area contributed by atoms with Crippen molar-refractivity contribution in [3.05, 3.63) is 29.8 Å². The van der Waals surface area contributed by atoms with Gasteiger partial charge in [0.1, 0.15) is 5.75 Å². The van der Waals surface area contributed by atoms with Crippen LogP contribution in [0, 0.1) is 5.92 Å². The highest BCUT2D eigenvalue weighted by Gasteiger charge is 2.34. The van der Waals surface area contributed by atoms with Gasteiger partial charge < -0.3 is 9.29 Å². The molecule has 1 rings (SSSR count). The van der Waals surface area contributed by atoms with Crippen molar-refractivity contribution in [3.8, 4) is 5.75 Å². The average Bonchev–Trinajstić information content (AvgIpc) is 2.24. The van der Waals surface area contributed by atoms with Gasteiger partial charge in [0.25, 0.3) is 0 Å². The highest BCUT2D eigenvalue weighted by molar-refractivity contribution is 7.79. The molecular formula is C11H12F3O3S-. The first-order valence-electron chi connectivity index (χ1n) is 5.15. The average molecular weight is 281 g/mol. The SMILES string of the molecule is CC(COc1ccccc1C(F)(F)F)CS(=O)[O-]. The van der Waals surface area contributed by atoms with E-state index in [4.69, 9.17) is 4.74 Å². The van der Waals surface area contributed by atoms with Gasteiger partial charge in [-0.2, -0.15) is 13.2 Å². The molecule has 0 aromatic heterocycles. The summed E-state index contributed by atoms with van der Waals surface area (Å²) in [7, 11) is 0. The Morgan fingerprint density at radius 2 is 2.00 bits per heavy atom. The topological polar surface area (TPSA) is 49.4 Å². The van der Waals surface area contributed by atoms with E-state index in [9.17, 15) is 21.9 Å². The molecule has 102 valence electrons. The molecule has 0 amide bonds. The van der Waals surface area contributed by atoms with Crippen molar-refractivity contribution < 1.29 is 26.7 Å². The number of hydrogen-bond acceptors (Lipinski definition) is 3. The van der Waals surface area contributed by atoms with E-state index in [1.165, 1.54) is 18.2 Å². The van der Waals surface area contributed by atoms with Crippen molar-refractivity contribution in [2.24, 2.45) is 5.92 Å². The van der Waals surface area contributed by atoms with Crippen LogP contribution in [0.3, 0.4) is 0 Å². The zero-order valence-corrected chi connectivity index (χ0v) is 10.4. The zero-order chi connectivity index (χ0) is 13.8. The van der Waals surface area contributed by atoms with Crippen LogP contribution in [0.15, 0.2) is 24.3 Å². The summed E-state index contributed by atoms with van der Waals surface area (Å²) in [6, 6.07) is 4.84. The van der Waals surface area contributed by atoms with E-state index in [0.717, 1.165) is 6.07 Å². The second-order valence-corrected chi connectivity index (χ2v) is 4.82. The van der Waals surface area contributed by atoms with Crippen LogP contribution in [0.25, 0.3) is 0 Å². The van der Waals surface area contributed by atoms with E-state index >= 15 is 0 Å². The van der Waals surface area contributed by atoms with E-state index in [2.05, 4.69) is 0 Å². The number of para-hydroxylation sites is 1. The predicted octanol–water partition coefficient (Wildman–Crippen LogP) is 2.60. The van der Waals surface area contributed by atoms with Crippen molar-refractivity contribution in [1.82, 2.24) is 0 Å². The second kappa shape index (κ2) is 6.19. The van der Waals surface area contributed by atoms with Gasteiger partial charge in [-0.1, -0.05) is 30.1 Å². The lowest BCUT2D eigenvalue weighted by Crippen LogP contribution is -2.17. The molecule has 18 heavy (non-hydrogen) atoms. The van der Waals surface area contributed by atoms with Crippen LogP contribution in [0.4, 0.5) is 13.2 Å². The molecule has 0 heterocycles. The van der Waals surface area contributed by atoms with Gasteiger partial charge in [0.2, 0.25) is 0 Å². The number of alkyl halides is 3. The van der Waals surface area contributed by atoms with E-state index in [0.29, 0.717) is 0 Å². The molecular weight excluding hydrogens is 269 g/mol. The Morgan fingerprint density at radius 3 is 2.56 bits per heavy atom. The summed E-state index contributed by atoms with van der Waals surface area (Å²) in [6.45, 7) is 1.51. The van der Waals surface area contributed by atoms with E-state index < -0.39 is 22.8 Å². The molecule has 0 radical (unpaired) electrons. The molecule has 0 bridgehead atoms. The Morgan fingerprint density at radius 1 is 1.39 bits per heavy atom. The van der Waals surface area contributed by atoms with Crippen LogP contribution in [0.5, 0.6) is 5.75 Å². The fourth-order valence-corrected chi connectivity index (χ4v) is 1.90.